The molecule has 1 aromatic heterocycles. The van der Waals surface area contributed by atoms with Gasteiger partial charge in [0.25, 0.3) is 0 Å². The van der Waals surface area contributed by atoms with Gasteiger partial charge in [0.15, 0.2) is 0 Å². The molecule has 5 rings (SSSR count). The van der Waals surface area contributed by atoms with Crippen molar-refractivity contribution in [3.05, 3.63) is 66.2 Å². The molecule has 1 heterocycles. The largest absolute Gasteiger partial charge is 0.392 e. The van der Waals surface area contributed by atoms with Crippen LogP contribution >= 0.6 is 0 Å². The van der Waals surface area contributed by atoms with E-state index in [0.717, 1.165) is 55.3 Å². The van der Waals surface area contributed by atoms with Gasteiger partial charge in [-0.15, -0.1) is 35.9 Å². The van der Waals surface area contributed by atoms with Gasteiger partial charge in [-0.1, -0.05) is 58.4 Å². The van der Waals surface area contributed by atoms with E-state index in [-0.39, 0.29) is 49.1 Å². The number of aryl methyl sites for hydroxylation is 1. The summed E-state index contributed by atoms with van der Waals surface area (Å²) in [5.41, 5.74) is 4.39. The molecular weight excluding hydrogens is 647 g/mol. The van der Waals surface area contributed by atoms with Crippen LogP contribution in [0.15, 0.2) is 54.6 Å². The number of benzene rings is 2. The topological polar surface area (TPSA) is 53.4 Å². The SMILES string of the molecule is CCC1(CC)CCCC2CC(CC)(CC)C(O)C2C1O.Cc1ccc2ccc(-c3[c-]cccc3)nc2c1.[Ir]. The quantitative estimate of drug-likeness (QED) is 0.266. The summed E-state index contributed by atoms with van der Waals surface area (Å²) in [6.07, 6.45) is 8.17. The Morgan fingerprint density at radius 2 is 1.55 bits per heavy atom. The van der Waals surface area contributed by atoms with Gasteiger partial charge in [0.2, 0.25) is 0 Å². The van der Waals surface area contributed by atoms with Gasteiger partial charge in [-0.25, -0.2) is 0 Å². The Kier molecular flexibility index (Phi) is 10.7. The molecule has 38 heavy (non-hydrogen) atoms. The monoisotopic (exact) mass is 693 g/mol. The number of aliphatic hydroxyl groups excluding tert-OH is 2. The van der Waals surface area contributed by atoms with Crippen LogP contribution in [0.2, 0.25) is 0 Å². The van der Waals surface area contributed by atoms with Gasteiger partial charge in [-0.2, -0.15) is 0 Å². The van der Waals surface area contributed by atoms with Crippen LogP contribution in [0.3, 0.4) is 0 Å². The first-order valence-corrected chi connectivity index (χ1v) is 14.5. The summed E-state index contributed by atoms with van der Waals surface area (Å²) < 4.78 is 0. The fraction of sp³-hybridized carbons (Fsp3) is 0.559. The molecule has 2 N–H and O–H groups in total. The second kappa shape index (κ2) is 13.2. The van der Waals surface area contributed by atoms with Gasteiger partial charge in [-0.05, 0) is 91.3 Å². The van der Waals surface area contributed by atoms with Gasteiger partial charge in [0.05, 0.1) is 17.7 Å². The maximum atomic E-state index is 11.1. The Hall–Kier alpha value is -1.58. The number of aliphatic hydroxyl groups is 2. The maximum Gasteiger partial charge on any atom is 0.0651 e. The number of hydrogen-bond acceptors (Lipinski definition) is 3. The van der Waals surface area contributed by atoms with Crippen molar-refractivity contribution in [1.29, 1.82) is 0 Å². The number of hydrogen-bond donors (Lipinski definition) is 2. The Bertz CT molecular complexity index is 1160. The summed E-state index contributed by atoms with van der Waals surface area (Å²) in [7, 11) is 0. The Balaban J connectivity index is 0.000000207. The van der Waals surface area contributed by atoms with Gasteiger partial charge in [0.1, 0.15) is 0 Å². The Morgan fingerprint density at radius 3 is 2.18 bits per heavy atom. The summed E-state index contributed by atoms with van der Waals surface area (Å²) in [5.74, 6) is 0.636. The van der Waals surface area contributed by atoms with Gasteiger partial charge < -0.3 is 10.2 Å². The third kappa shape index (κ3) is 5.94. The van der Waals surface area contributed by atoms with E-state index in [2.05, 4.69) is 69.9 Å². The minimum Gasteiger partial charge on any atom is -0.392 e. The van der Waals surface area contributed by atoms with Crippen molar-refractivity contribution >= 4 is 10.9 Å². The fourth-order valence-corrected chi connectivity index (χ4v) is 7.35. The van der Waals surface area contributed by atoms with Crippen LogP contribution in [-0.4, -0.2) is 27.4 Å². The van der Waals surface area contributed by atoms with Crippen LogP contribution in [0, 0.1) is 35.7 Å². The molecule has 2 aromatic carbocycles. The van der Waals surface area contributed by atoms with Crippen molar-refractivity contribution in [3.8, 4) is 11.3 Å². The molecule has 209 valence electrons. The van der Waals surface area contributed by atoms with E-state index in [1.165, 1.54) is 23.8 Å². The average molecular weight is 693 g/mol. The zero-order valence-corrected chi connectivity index (χ0v) is 26.2. The van der Waals surface area contributed by atoms with E-state index in [9.17, 15) is 10.2 Å². The number of nitrogens with zero attached hydrogens (tertiary/aromatic N) is 1. The van der Waals surface area contributed by atoms with Crippen LogP contribution in [-0.2, 0) is 20.1 Å². The molecule has 0 spiro atoms. The molecule has 1 radical (unpaired) electrons. The second-order valence-corrected chi connectivity index (χ2v) is 11.6. The molecule has 4 heteroatoms. The number of pyridine rings is 1. The smallest absolute Gasteiger partial charge is 0.0651 e. The third-order valence-corrected chi connectivity index (χ3v) is 10.1. The normalized spacial score (nSPS) is 25.4. The molecule has 3 nitrogen and oxygen atoms in total. The first kappa shape index (κ1) is 31.0. The van der Waals surface area contributed by atoms with Crippen molar-refractivity contribution < 1.29 is 30.3 Å². The first-order valence-electron chi connectivity index (χ1n) is 14.5. The summed E-state index contributed by atoms with van der Waals surface area (Å²) in [6.45, 7) is 10.9. The third-order valence-electron chi connectivity index (χ3n) is 10.1. The molecule has 2 aliphatic rings. The van der Waals surface area contributed by atoms with Gasteiger partial charge in [-0.3, -0.25) is 4.98 Å². The van der Waals surface area contributed by atoms with Crippen LogP contribution < -0.4 is 0 Å². The molecule has 0 amide bonds. The van der Waals surface area contributed by atoms with Crippen LogP contribution in [0.5, 0.6) is 0 Å². The molecule has 0 saturated heterocycles. The predicted octanol–water partition coefficient (Wildman–Crippen LogP) is 8.15. The minimum absolute atomic E-state index is 0. The summed E-state index contributed by atoms with van der Waals surface area (Å²) in [5, 5.41) is 23.3. The minimum atomic E-state index is -0.319. The van der Waals surface area contributed by atoms with Gasteiger partial charge >= 0.3 is 0 Å². The molecule has 3 aromatic rings. The molecule has 2 fully saturated rings. The first-order chi connectivity index (χ1) is 17.8. The van der Waals surface area contributed by atoms with E-state index >= 15 is 0 Å². The molecule has 0 aliphatic heterocycles. The summed E-state index contributed by atoms with van der Waals surface area (Å²) in [4.78, 5) is 4.68. The molecule has 4 unspecified atom stereocenters. The van der Waals surface area contributed by atoms with Crippen molar-refractivity contribution in [1.82, 2.24) is 4.98 Å². The maximum absolute atomic E-state index is 11.1. The number of aromatic nitrogens is 1. The molecule has 2 aliphatic carbocycles. The van der Waals surface area contributed by atoms with Crippen molar-refractivity contribution in [2.75, 3.05) is 0 Å². The van der Waals surface area contributed by atoms with Gasteiger partial charge in [0, 0.05) is 26.0 Å². The fourth-order valence-electron chi connectivity index (χ4n) is 7.35. The number of fused-ring (bicyclic) bond motifs is 2. The molecule has 2 saturated carbocycles. The Labute approximate surface area is 243 Å². The van der Waals surface area contributed by atoms with E-state index in [0.29, 0.717) is 5.92 Å². The van der Waals surface area contributed by atoms with Crippen LogP contribution in [0.25, 0.3) is 22.2 Å². The zero-order chi connectivity index (χ0) is 26.6. The van der Waals surface area contributed by atoms with Crippen LogP contribution in [0.4, 0.5) is 0 Å². The predicted molar refractivity (Wildman–Crippen MR) is 154 cm³/mol. The van der Waals surface area contributed by atoms with Crippen molar-refractivity contribution in [2.45, 2.75) is 98.2 Å². The summed E-state index contributed by atoms with van der Waals surface area (Å²) in [6, 6.07) is 21.6. The van der Waals surface area contributed by atoms with E-state index in [1.807, 2.05) is 30.3 Å². The molecular formula is C34H46IrNO2-. The van der Waals surface area contributed by atoms with E-state index < -0.39 is 0 Å². The van der Waals surface area contributed by atoms with E-state index in [1.54, 1.807) is 0 Å². The summed E-state index contributed by atoms with van der Waals surface area (Å²) >= 11 is 0. The zero-order valence-electron chi connectivity index (χ0n) is 23.8. The second-order valence-electron chi connectivity index (χ2n) is 11.6. The average Bonchev–Trinajstić information content (AvgIpc) is 3.14. The standard InChI is InChI=1S/C18H34O2.C16H12N.Ir/c1-5-17(6-2)11-9-10-13-12-18(7-3,8-4)16(20)14(13)15(17)19;1-12-7-8-14-9-10-15(17-16(14)11-12)13-5-3-2-4-6-13;/h13-16,19-20H,5-12H2,1-4H3;2-5,7-11H,1H3;/q;-1;. The molecule has 4 atom stereocenters. The number of rotatable bonds is 5. The van der Waals surface area contributed by atoms with Crippen molar-refractivity contribution in [2.24, 2.45) is 22.7 Å². The Morgan fingerprint density at radius 1 is 0.895 bits per heavy atom. The van der Waals surface area contributed by atoms with Crippen LogP contribution in [0.1, 0.15) is 84.6 Å². The van der Waals surface area contributed by atoms with E-state index in [4.69, 9.17) is 0 Å². The van der Waals surface area contributed by atoms with Crippen molar-refractivity contribution in [3.63, 3.8) is 0 Å². The molecule has 0 bridgehead atoms.